The van der Waals surface area contributed by atoms with Crippen LogP contribution >= 0.6 is 0 Å². The Hall–Kier alpha value is -2.30. The molecule has 0 aromatic carbocycles. The van der Waals surface area contributed by atoms with Crippen molar-refractivity contribution in [3.05, 3.63) is 34.7 Å². The maximum absolute atomic E-state index is 14.4. The largest absolute Gasteiger partial charge is 0.459 e. The van der Waals surface area contributed by atoms with Crippen molar-refractivity contribution in [1.29, 1.82) is 0 Å². The zero-order chi connectivity index (χ0) is 51.3. The first-order valence-electron chi connectivity index (χ1n) is 29.0. The van der Waals surface area contributed by atoms with Crippen LogP contribution in [0.3, 0.4) is 0 Å². The molecule has 14 rings (SSSR count). The molecule has 0 saturated carbocycles. The molecule has 0 amide bonds. The van der Waals surface area contributed by atoms with Gasteiger partial charge in [-0.3, -0.25) is 4.79 Å². The smallest absolute Gasteiger partial charge is 0.308 e. The van der Waals surface area contributed by atoms with Crippen LogP contribution in [-0.4, -0.2) is 177 Å². The van der Waals surface area contributed by atoms with Crippen molar-refractivity contribution in [2.24, 2.45) is 17.0 Å². The van der Waals surface area contributed by atoms with Crippen LogP contribution in [0.2, 0.25) is 0 Å². The number of fused-ring (bicyclic) bond motifs is 8. The van der Waals surface area contributed by atoms with Crippen LogP contribution in [0, 0.1) is 11.8 Å². The number of hydrogen-bond acceptors (Lipinski definition) is 17. The number of aliphatic hydroxyl groups excluding tert-OH is 1. The van der Waals surface area contributed by atoms with Crippen LogP contribution in [0.25, 0.3) is 10.4 Å². The average Bonchev–Trinajstić information content (AvgIpc) is 4.02. The van der Waals surface area contributed by atoms with E-state index in [1.807, 2.05) is 0 Å². The van der Waals surface area contributed by atoms with E-state index in [1.54, 1.807) is 7.11 Å². The summed E-state index contributed by atoms with van der Waals surface area (Å²) < 4.78 is 94.7. The van der Waals surface area contributed by atoms with Crippen molar-refractivity contribution >= 4 is 5.97 Å². The van der Waals surface area contributed by atoms with Gasteiger partial charge in [0.1, 0.15) is 36.6 Å². The van der Waals surface area contributed by atoms with Gasteiger partial charge in [0.2, 0.25) is 0 Å². The minimum absolute atomic E-state index is 0.00911. The van der Waals surface area contributed by atoms with E-state index in [-0.39, 0.29) is 122 Å². The van der Waals surface area contributed by atoms with Gasteiger partial charge in [-0.25, -0.2) is 0 Å². The fraction of sp³-hybridized carbons (Fsp3) is 0.911. The summed E-state index contributed by atoms with van der Waals surface area (Å²) in [6.45, 7) is 13.8. The van der Waals surface area contributed by atoms with Gasteiger partial charge < -0.3 is 71.4 Å². The van der Waals surface area contributed by atoms with Crippen molar-refractivity contribution in [2.45, 2.75) is 294 Å². The lowest BCUT2D eigenvalue weighted by Crippen LogP contribution is -2.61. The topological polar surface area (TPSA) is 215 Å². The first kappa shape index (κ1) is 52.1. The van der Waals surface area contributed by atoms with E-state index in [1.165, 1.54) is 0 Å². The van der Waals surface area contributed by atoms with E-state index >= 15 is 0 Å². The normalized spacial score (nSPS) is 53.4. The lowest BCUT2D eigenvalue weighted by molar-refractivity contribution is -0.363. The lowest BCUT2D eigenvalue weighted by atomic mass is 9.81. The second kappa shape index (κ2) is 21.0. The summed E-state index contributed by atoms with van der Waals surface area (Å²) >= 11 is 0. The molecule has 14 saturated heterocycles. The highest BCUT2D eigenvalue weighted by Crippen LogP contribution is 2.55. The van der Waals surface area contributed by atoms with Crippen molar-refractivity contribution in [3.63, 3.8) is 0 Å². The molecule has 19 nitrogen and oxygen atoms in total. The fourth-order valence-corrected chi connectivity index (χ4v) is 16.1. The first-order chi connectivity index (χ1) is 36.3. The molecule has 0 radical (unpaired) electrons. The molecule has 75 heavy (non-hydrogen) atoms. The summed E-state index contributed by atoms with van der Waals surface area (Å²) in [5.41, 5.74) is 11.0. The monoisotopic (exact) mass is 1050 g/mol. The second-order valence-electron chi connectivity index (χ2n) is 25.0. The number of aliphatic hydroxyl groups is 1. The molecule has 0 aromatic heterocycles. The number of ether oxygens (including phenoxy) is 14. The summed E-state index contributed by atoms with van der Waals surface area (Å²) in [7, 11) is 1.71. The predicted octanol–water partition coefficient (Wildman–Crippen LogP) is 6.91. The molecule has 0 aromatic rings. The van der Waals surface area contributed by atoms with Gasteiger partial charge in [-0.2, -0.15) is 0 Å². The molecular formula is C56H81N3O16. The molecule has 1 N–H and O–H groups in total. The van der Waals surface area contributed by atoms with E-state index in [2.05, 4.69) is 37.0 Å². The van der Waals surface area contributed by atoms with E-state index in [4.69, 9.17) is 71.8 Å². The standard InChI is InChI=1S/C56H81N3O16/c1-27-18-31-6-9-36-28(2)19-33(63-36)14-16-56-25-47-51(74-56)52-53(71-47)54(75-56)50-39(70-52)10-7-32(65-50)20-48(61)69-46-23-45-44(68-43(46)21-41(64-31)30(27)4)22-42(62-5)38(67-45)13-12-37-35(60)15-17-55(72-37)24-29(3)49-40(73-55)11-8-34(66-49)26-58-59-57/h27,29,31-47,49-54,60H,2,4,6-26H2,1,3,5H3/t27-,29+,31?,32-,33+,34?,35+,36?,37+,38?,39+,40+,41?,42-,43+,44+,45?,46-,47?,49+,50+,51+,52+,53-,54+,55-,56+/m1/s1. The molecule has 14 fully saturated rings. The van der Waals surface area contributed by atoms with Crippen LogP contribution in [-0.2, 0) is 71.1 Å². The maximum atomic E-state index is 14.4. The van der Waals surface area contributed by atoms with Gasteiger partial charge >= 0.3 is 5.97 Å². The Morgan fingerprint density at radius 3 is 2.23 bits per heavy atom. The van der Waals surface area contributed by atoms with Crippen molar-refractivity contribution in [2.75, 3.05) is 13.7 Å². The number of hydrogen-bond donors (Lipinski definition) is 1. The van der Waals surface area contributed by atoms with Crippen LogP contribution in [0.5, 0.6) is 0 Å². The number of carbonyl (C=O) groups excluding carboxylic acids is 1. The van der Waals surface area contributed by atoms with Gasteiger partial charge in [-0.05, 0) is 106 Å². The molecule has 0 aliphatic carbocycles. The van der Waals surface area contributed by atoms with Crippen molar-refractivity contribution in [1.82, 2.24) is 0 Å². The minimum atomic E-state index is -0.828. The molecule has 12 bridgehead atoms. The van der Waals surface area contributed by atoms with Gasteiger partial charge in [0, 0.05) is 57.0 Å². The molecule has 416 valence electrons. The maximum Gasteiger partial charge on any atom is 0.308 e. The van der Waals surface area contributed by atoms with Gasteiger partial charge in [0.05, 0.1) is 117 Å². The summed E-state index contributed by atoms with van der Waals surface area (Å²) in [6, 6.07) is 0. The molecule has 2 spiro atoms. The Bertz CT molecular complexity index is 2190. The highest BCUT2D eigenvalue weighted by molar-refractivity contribution is 5.70. The molecule has 14 aliphatic heterocycles. The van der Waals surface area contributed by atoms with Crippen LogP contribution < -0.4 is 0 Å². The first-order valence-corrected chi connectivity index (χ1v) is 29.0. The number of nitrogens with zero attached hydrogens (tertiary/aromatic N) is 3. The van der Waals surface area contributed by atoms with Crippen molar-refractivity contribution in [3.8, 4) is 0 Å². The zero-order valence-electron chi connectivity index (χ0n) is 44.1. The lowest BCUT2D eigenvalue weighted by Gasteiger charge is -2.53. The average molecular weight is 1050 g/mol. The van der Waals surface area contributed by atoms with E-state index in [0.29, 0.717) is 77.2 Å². The third kappa shape index (κ3) is 10.1. The Morgan fingerprint density at radius 1 is 0.627 bits per heavy atom. The molecule has 14 aliphatic rings. The van der Waals surface area contributed by atoms with Gasteiger partial charge in [0.15, 0.2) is 11.6 Å². The predicted molar refractivity (Wildman–Crippen MR) is 264 cm³/mol. The van der Waals surface area contributed by atoms with E-state index < -0.39 is 54.3 Å². The zero-order valence-corrected chi connectivity index (χ0v) is 44.1. The number of azide groups is 1. The summed E-state index contributed by atoms with van der Waals surface area (Å²) in [5.74, 6) is -1.61. The summed E-state index contributed by atoms with van der Waals surface area (Å²) in [6.07, 6.45) is 6.28. The van der Waals surface area contributed by atoms with Crippen molar-refractivity contribution < 1.29 is 76.2 Å². The Labute approximate surface area is 440 Å². The Balaban J connectivity index is 0.709. The third-order valence-electron chi connectivity index (χ3n) is 20.0. The van der Waals surface area contributed by atoms with Crippen LogP contribution in [0.4, 0.5) is 0 Å². The molecule has 27 atom stereocenters. The number of carbonyl (C=O) groups is 1. The Kier molecular flexibility index (Phi) is 14.6. The van der Waals surface area contributed by atoms with Gasteiger partial charge in [-0.1, -0.05) is 32.1 Å². The number of esters is 1. The molecule has 14 heterocycles. The summed E-state index contributed by atoms with van der Waals surface area (Å²) in [5, 5.41) is 15.2. The molecule has 19 heteroatoms. The minimum Gasteiger partial charge on any atom is -0.459 e. The Morgan fingerprint density at radius 2 is 1.36 bits per heavy atom. The third-order valence-corrected chi connectivity index (χ3v) is 20.0. The molecule has 7 unspecified atom stereocenters. The second-order valence-corrected chi connectivity index (χ2v) is 25.0. The summed E-state index contributed by atoms with van der Waals surface area (Å²) in [4.78, 5) is 17.3. The van der Waals surface area contributed by atoms with Crippen LogP contribution in [0.1, 0.15) is 142 Å². The fourth-order valence-electron chi connectivity index (χ4n) is 16.1. The molecular weight excluding hydrogens is 971 g/mol. The van der Waals surface area contributed by atoms with E-state index in [0.717, 1.165) is 62.5 Å². The SMILES string of the molecule is C=C1C[C@@H]2CC[C@@]34CC5O[C@H]6[C@@H](O3)[C@H]3O[C@H](CC[C@@H]3O[C@H]6[C@H]5O4)CC(=O)O[C@@H]3CC4OC(CC[C@@H]5O[C@@]6(CC[C@@H]5O)C[C@H](C)[C@@H]5OC(CN=[N+]=[N-])CC[C@@H]5O6)[C@H](OC)C[C@@H]4O[C@H]3CC3OC(CCC1O2)C[C@@H](C)C3=C. The highest BCUT2D eigenvalue weighted by atomic mass is 16.8. The number of methoxy groups -OCH3 is 1. The highest BCUT2D eigenvalue weighted by Gasteiger charge is 2.69. The van der Waals surface area contributed by atoms with Gasteiger partial charge in [-0.15, -0.1) is 0 Å². The number of rotatable bonds is 6. The van der Waals surface area contributed by atoms with Crippen LogP contribution in [0.15, 0.2) is 29.4 Å². The quantitative estimate of drug-likeness (QED) is 0.0940. The van der Waals surface area contributed by atoms with E-state index in [9.17, 15) is 9.90 Å². The van der Waals surface area contributed by atoms with Gasteiger partial charge in [0.25, 0.3) is 0 Å².